The van der Waals surface area contributed by atoms with Crippen molar-refractivity contribution in [3.8, 4) is 22.8 Å². The first-order chi connectivity index (χ1) is 15.7. The first-order valence-corrected chi connectivity index (χ1v) is 11.1. The molecule has 164 valence electrons. The van der Waals surface area contributed by atoms with Crippen LogP contribution in [0.5, 0.6) is 11.5 Å². The minimum atomic E-state index is -0.0801. The summed E-state index contributed by atoms with van der Waals surface area (Å²) >= 11 is 0. The van der Waals surface area contributed by atoms with Crippen molar-refractivity contribution in [2.24, 2.45) is 0 Å². The van der Waals surface area contributed by atoms with Gasteiger partial charge in [-0.15, -0.1) is 10.2 Å². The number of amides is 1. The minimum Gasteiger partial charge on any atom is -0.454 e. The van der Waals surface area contributed by atoms with Crippen LogP contribution in [0.25, 0.3) is 11.3 Å². The van der Waals surface area contributed by atoms with E-state index >= 15 is 0 Å². The summed E-state index contributed by atoms with van der Waals surface area (Å²) < 4.78 is 10.8. The summed E-state index contributed by atoms with van der Waals surface area (Å²) in [5, 5.41) is 8.86. The van der Waals surface area contributed by atoms with Crippen LogP contribution in [0, 0.1) is 0 Å². The van der Waals surface area contributed by atoms with Crippen molar-refractivity contribution in [1.82, 2.24) is 15.1 Å². The summed E-state index contributed by atoms with van der Waals surface area (Å²) in [4.78, 5) is 17.3. The Bertz CT molecular complexity index is 1080. The fraction of sp³-hybridized carbons (Fsp3) is 0.320. The Labute approximate surface area is 187 Å². The molecule has 0 N–H and O–H groups in total. The summed E-state index contributed by atoms with van der Waals surface area (Å²) in [5.74, 6) is 2.45. The van der Waals surface area contributed by atoms with Crippen LogP contribution in [0.4, 0.5) is 5.82 Å². The molecule has 32 heavy (non-hydrogen) atoms. The number of nitrogens with zero attached hydrogens (tertiary/aromatic N) is 4. The predicted molar refractivity (Wildman–Crippen MR) is 122 cm³/mol. The van der Waals surface area contributed by atoms with Crippen LogP contribution in [0.2, 0.25) is 0 Å². The van der Waals surface area contributed by atoms with E-state index in [0.717, 1.165) is 53.6 Å². The van der Waals surface area contributed by atoms with Gasteiger partial charge in [0.15, 0.2) is 17.3 Å². The number of aromatic nitrogens is 2. The van der Waals surface area contributed by atoms with E-state index in [9.17, 15) is 4.79 Å². The summed E-state index contributed by atoms with van der Waals surface area (Å²) in [6.07, 6.45) is 0.801. The van der Waals surface area contributed by atoms with Gasteiger partial charge >= 0.3 is 0 Å². The Morgan fingerprint density at radius 3 is 2.44 bits per heavy atom. The minimum absolute atomic E-state index is 0.0801. The molecule has 0 aliphatic carbocycles. The third-order valence-corrected chi connectivity index (χ3v) is 6.14. The number of piperazine rings is 1. The van der Waals surface area contributed by atoms with Gasteiger partial charge in [-0.2, -0.15) is 0 Å². The zero-order valence-corrected chi connectivity index (χ0v) is 18.1. The van der Waals surface area contributed by atoms with E-state index in [1.54, 1.807) is 0 Å². The van der Waals surface area contributed by atoms with Crippen LogP contribution in [-0.4, -0.2) is 54.0 Å². The topological polar surface area (TPSA) is 67.8 Å². The average Bonchev–Trinajstić information content (AvgIpc) is 3.33. The molecule has 2 aliphatic rings. The number of hydrogen-bond acceptors (Lipinski definition) is 6. The molecule has 7 heteroatoms. The zero-order valence-electron chi connectivity index (χ0n) is 18.1. The van der Waals surface area contributed by atoms with Crippen molar-refractivity contribution in [1.29, 1.82) is 0 Å². The molecule has 0 bridgehead atoms. The molecule has 2 aromatic carbocycles. The van der Waals surface area contributed by atoms with E-state index in [1.807, 2.05) is 65.6 Å². The van der Waals surface area contributed by atoms with Crippen LogP contribution >= 0.6 is 0 Å². The fourth-order valence-corrected chi connectivity index (χ4v) is 4.32. The lowest BCUT2D eigenvalue weighted by atomic mass is 9.95. The van der Waals surface area contributed by atoms with Gasteiger partial charge in [0.1, 0.15) is 0 Å². The van der Waals surface area contributed by atoms with Crippen molar-refractivity contribution in [3.63, 3.8) is 0 Å². The fourth-order valence-electron chi connectivity index (χ4n) is 4.32. The van der Waals surface area contributed by atoms with Gasteiger partial charge < -0.3 is 19.3 Å². The number of carbonyl (C=O) groups excluding carboxylic acids is 1. The van der Waals surface area contributed by atoms with Crippen LogP contribution in [-0.2, 0) is 4.79 Å². The Morgan fingerprint density at radius 1 is 0.938 bits per heavy atom. The second-order valence-electron chi connectivity index (χ2n) is 8.03. The second-order valence-corrected chi connectivity index (χ2v) is 8.03. The number of ether oxygens (including phenoxy) is 2. The number of rotatable bonds is 5. The highest BCUT2D eigenvalue weighted by Gasteiger charge is 2.28. The van der Waals surface area contributed by atoms with Gasteiger partial charge in [-0.3, -0.25) is 4.79 Å². The monoisotopic (exact) mass is 430 g/mol. The maximum Gasteiger partial charge on any atom is 0.231 e. The summed E-state index contributed by atoms with van der Waals surface area (Å²) in [6.45, 7) is 5.19. The van der Waals surface area contributed by atoms with E-state index in [1.165, 1.54) is 0 Å². The smallest absolute Gasteiger partial charge is 0.231 e. The van der Waals surface area contributed by atoms with Gasteiger partial charge in [-0.25, -0.2) is 0 Å². The molecule has 3 heterocycles. The molecule has 2 aliphatic heterocycles. The third kappa shape index (κ3) is 3.98. The van der Waals surface area contributed by atoms with E-state index in [2.05, 4.69) is 22.0 Å². The van der Waals surface area contributed by atoms with Crippen LogP contribution in [0.15, 0.2) is 60.7 Å². The summed E-state index contributed by atoms with van der Waals surface area (Å²) in [7, 11) is 0. The second kappa shape index (κ2) is 8.86. The molecule has 5 rings (SSSR count). The molecule has 7 nitrogen and oxygen atoms in total. The molecule has 3 aromatic rings. The molecule has 1 aromatic heterocycles. The molecule has 0 saturated carbocycles. The molecule has 1 fully saturated rings. The number of hydrogen-bond donors (Lipinski definition) is 0. The van der Waals surface area contributed by atoms with Crippen LogP contribution in [0.1, 0.15) is 24.8 Å². The maximum atomic E-state index is 13.1. The molecule has 1 amide bonds. The normalized spacial score (nSPS) is 16.2. The van der Waals surface area contributed by atoms with Gasteiger partial charge in [0.05, 0.1) is 11.6 Å². The van der Waals surface area contributed by atoms with Crippen molar-refractivity contribution in [2.45, 2.75) is 19.3 Å². The molecule has 0 radical (unpaired) electrons. The lowest BCUT2D eigenvalue weighted by Crippen LogP contribution is -2.50. The van der Waals surface area contributed by atoms with E-state index < -0.39 is 0 Å². The zero-order chi connectivity index (χ0) is 21.9. The Kier molecular flexibility index (Phi) is 5.62. The number of carbonyl (C=O) groups is 1. The van der Waals surface area contributed by atoms with E-state index in [0.29, 0.717) is 13.1 Å². The molecular weight excluding hydrogens is 404 g/mol. The van der Waals surface area contributed by atoms with Crippen molar-refractivity contribution < 1.29 is 14.3 Å². The molecule has 0 unspecified atom stereocenters. The largest absolute Gasteiger partial charge is 0.454 e. The van der Waals surface area contributed by atoms with Crippen LogP contribution < -0.4 is 14.4 Å². The van der Waals surface area contributed by atoms with Crippen molar-refractivity contribution >= 4 is 11.7 Å². The van der Waals surface area contributed by atoms with E-state index in [4.69, 9.17) is 9.47 Å². The molecule has 1 atom stereocenters. The molecular formula is C25H26N4O3. The Balaban J connectivity index is 1.22. The van der Waals surface area contributed by atoms with Gasteiger partial charge in [0.25, 0.3) is 0 Å². The van der Waals surface area contributed by atoms with Gasteiger partial charge in [-0.1, -0.05) is 37.3 Å². The van der Waals surface area contributed by atoms with Gasteiger partial charge in [0.2, 0.25) is 12.7 Å². The summed E-state index contributed by atoms with van der Waals surface area (Å²) in [6, 6.07) is 19.8. The van der Waals surface area contributed by atoms with Gasteiger partial charge in [0, 0.05) is 31.7 Å². The van der Waals surface area contributed by atoms with Crippen molar-refractivity contribution in [3.05, 3.63) is 66.2 Å². The highest BCUT2D eigenvalue weighted by atomic mass is 16.7. The molecule has 0 spiro atoms. The maximum absolute atomic E-state index is 13.1. The van der Waals surface area contributed by atoms with E-state index in [-0.39, 0.29) is 18.6 Å². The average molecular weight is 431 g/mol. The Morgan fingerprint density at radius 2 is 1.72 bits per heavy atom. The lowest BCUT2D eigenvalue weighted by Gasteiger charge is -2.36. The third-order valence-electron chi connectivity index (χ3n) is 6.14. The standard InChI is InChI=1S/C25H26N4O3/c1-2-20(18-6-4-3-5-7-18)25(30)29-14-12-28(13-15-29)24-11-9-21(26-27-24)19-8-10-22-23(16-19)32-17-31-22/h3-11,16,20H,2,12-15,17H2,1H3/t20-/m1/s1. The highest BCUT2D eigenvalue weighted by Crippen LogP contribution is 2.35. The van der Waals surface area contributed by atoms with Crippen LogP contribution in [0.3, 0.4) is 0 Å². The number of fused-ring (bicyclic) bond motifs is 1. The Hall–Kier alpha value is -3.61. The predicted octanol–water partition coefficient (Wildman–Crippen LogP) is 3.71. The van der Waals surface area contributed by atoms with Gasteiger partial charge in [-0.05, 0) is 42.3 Å². The number of anilines is 1. The molecule has 1 saturated heterocycles. The lowest BCUT2D eigenvalue weighted by molar-refractivity contribution is -0.133. The summed E-state index contributed by atoms with van der Waals surface area (Å²) in [5.41, 5.74) is 2.82. The highest BCUT2D eigenvalue weighted by molar-refractivity contribution is 5.84. The first kappa shape index (κ1) is 20.3. The quantitative estimate of drug-likeness (QED) is 0.615. The number of benzene rings is 2. The first-order valence-electron chi connectivity index (χ1n) is 11.1. The van der Waals surface area contributed by atoms with Crippen molar-refractivity contribution in [2.75, 3.05) is 37.9 Å². The SMILES string of the molecule is CC[C@@H](C(=O)N1CCN(c2ccc(-c3ccc4c(c3)OCO4)nn2)CC1)c1ccccc1.